The Morgan fingerprint density at radius 2 is 2.00 bits per heavy atom. The first-order valence-electron chi connectivity index (χ1n) is 8.24. The van der Waals surface area contributed by atoms with Crippen LogP contribution in [0.3, 0.4) is 0 Å². The van der Waals surface area contributed by atoms with Gasteiger partial charge in [0.25, 0.3) is 5.56 Å². The number of hydrogen-bond donors (Lipinski definition) is 2. The zero-order valence-electron chi connectivity index (χ0n) is 14.7. The minimum Gasteiger partial charge on any atom is -0.325 e. The van der Waals surface area contributed by atoms with Crippen molar-refractivity contribution in [1.82, 2.24) is 9.97 Å². The molecule has 1 amide bonds. The maximum Gasteiger partial charge on any atom is 0.251 e. The predicted octanol–water partition coefficient (Wildman–Crippen LogP) is 3.84. The number of H-pyrrole nitrogens is 1. The van der Waals surface area contributed by atoms with E-state index in [0.717, 1.165) is 22.7 Å². The van der Waals surface area contributed by atoms with Crippen LogP contribution in [-0.4, -0.2) is 26.9 Å². The van der Waals surface area contributed by atoms with Crippen LogP contribution in [0.4, 0.5) is 5.69 Å². The van der Waals surface area contributed by atoms with E-state index < -0.39 is 0 Å². The molecule has 134 valence electrons. The molecule has 0 aliphatic rings. The summed E-state index contributed by atoms with van der Waals surface area (Å²) in [7, 11) is 0. The third-order valence-electron chi connectivity index (χ3n) is 3.46. The molecule has 1 atom stereocenters. The van der Waals surface area contributed by atoms with Gasteiger partial charge in [-0.2, -0.15) is 11.8 Å². The summed E-state index contributed by atoms with van der Waals surface area (Å²) in [5.74, 6) is 1.57. The number of carbonyl (C=O) groups excluding carboxylic acids is 1. The second-order valence-corrected chi connectivity index (χ2v) is 8.01. The highest BCUT2D eigenvalue weighted by atomic mass is 32.2. The molecule has 0 saturated heterocycles. The lowest BCUT2D eigenvalue weighted by molar-refractivity contribution is -0.115. The average Bonchev–Trinajstić information content (AvgIpc) is 2.59. The number of thioether (sulfide) groups is 2. The third-order valence-corrected chi connectivity index (χ3v) is 5.62. The quantitative estimate of drug-likeness (QED) is 0.540. The van der Waals surface area contributed by atoms with Crippen molar-refractivity contribution in [3.63, 3.8) is 0 Å². The Kier molecular flexibility index (Phi) is 7.58. The molecule has 0 fully saturated rings. The lowest BCUT2D eigenvalue weighted by Crippen LogP contribution is -2.25. The number of benzene rings is 1. The van der Waals surface area contributed by atoms with Gasteiger partial charge in [0.1, 0.15) is 0 Å². The third kappa shape index (κ3) is 6.25. The van der Waals surface area contributed by atoms with E-state index in [2.05, 4.69) is 22.2 Å². The van der Waals surface area contributed by atoms with Gasteiger partial charge in [-0.15, -0.1) is 0 Å². The molecule has 1 aromatic carbocycles. The van der Waals surface area contributed by atoms with Gasteiger partial charge in [-0.3, -0.25) is 9.59 Å². The van der Waals surface area contributed by atoms with Gasteiger partial charge in [0.05, 0.1) is 10.9 Å². The van der Waals surface area contributed by atoms with Crippen LogP contribution >= 0.6 is 23.5 Å². The minimum absolute atomic E-state index is 0.0904. The number of carbonyl (C=O) groups is 1. The van der Waals surface area contributed by atoms with Gasteiger partial charge < -0.3 is 10.3 Å². The Labute approximate surface area is 156 Å². The van der Waals surface area contributed by atoms with Crippen molar-refractivity contribution in [1.29, 1.82) is 0 Å². The summed E-state index contributed by atoms with van der Waals surface area (Å²) in [6.07, 6.45) is 0.639. The lowest BCUT2D eigenvalue weighted by Gasteiger charge is -2.14. The van der Waals surface area contributed by atoms with Crippen LogP contribution in [0.1, 0.15) is 31.5 Å². The molecular formula is C18H23N3O2S2. The van der Waals surface area contributed by atoms with Crippen molar-refractivity contribution in [2.24, 2.45) is 0 Å². The zero-order valence-corrected chi connectivity index (χ0v) is 16.3. The molecule has 1 unspecified atom stereocenters. The molecule has 7 heteroatoms. The number of nitrogens with zero attached hydrogens (tertiary/aromatic N) is 1. The van der Waals surface area contributed by atoms with E-state index in [9.17, 15) is 9.59 Å². The molecule has 1 heterocycles. The van der Waals surface area contributed by atoms with Crippen molar-refractivity contribution >= 4 is 35.1 Å². The Bertz CT molecular complexity index is 760. The summed E-state index contributed by atoms with van der Waals surface area (Å²) < 4.78 is 0. The average molecular weight is 378 g/mol. The Hall–Kier alpha value is -1.73. The van der Waals surface area contributed by atoms with Crippen LogP contribution in [0.25, 0.3) is 0 Å². The molecule has 0 aliphatic heterocycles. The molecular weight excluding hydrogens is 354 g/mol. The minimum atomic E-state index is -0.321. The molecule has 1 aromatic heterocycles. The summed E-state index contributed by atoms with van der Waals surface area (Å²) in [6.45, 7) is 6.01. The fraction of sp³-hybridized carbons (Fsp3) is 0.389. The Morgan fingerprint density at radius 1 is 1.28 bits per heavy atom. The van der Waals surface area contributed by atoms with Crippen molar-refractivity contribution in [3.05, 3.63) is 51.9 Å². The van der Waals surface area contributed by atoms with E-state index in [1.54, 1.807) is 11.8 Å². The van der Waals surface area contributed by atoms with E-state index in [-0.39, 0.29) is 16.7 Å². The molecule has 0 radical (unpaired) electrons. The van der Waals surface area contributed by atoms with E-state index in [0.29, 0.717) is 17.3 Å². The summed E-state index contributed by atoms with van der Waals surface area (Å²) in [5, 5.41) is 3.09. The molecule has 2 aromatic rings. The molecule has 2 rings (SSSR count). The van der Waals surface area contributed by atoms with Crippen LogP contribution in [-0.2, 0) is 10.5 Å². The number of aromatic amines is 1. The molecule has 0 aliphatic carbocycles. The number of amides is 1. The first-order valence-corrected chi connectivity index (χ1v) is 10.3. The topological polar surface area (TPSA) is 74.8 Å². The SMILES string of the molecule is CCSCc1cc(=O)[nH]c(SC(CC)C(=O)Nc2ccc(C)cc2)n1. The first-order chi connectivity index (χ1) is 12.0. The summed E-state index contributed by atoms with van der Waals surface area (Å²) in [6, 6.07) is 9.19. The van der Waals surface area contributed by atoms with Crippen molar-refractivity contribution in [2.75, 3.05) is 11.1 Å². The van der Waals surface area contributed by atoms with Gasteiger partial charge in [-0.1, -0.05) is 43.3 Å². The molecule has 0 bridgehead atoms. The second kappa shape index (κ2) is 9.68. The molecule has 25 heavy (non-hydrogen) atoms. The van der Waals surface area contributed by atoms with Crippen LogP contribution < -0.4 is 10.9 Å². The van der Waals surface area contributed by atoms with Gasteiger partial charge in [-0.25, -0.2) is 4.98 Å². The molecule has 2 N–H and O–H groups in total. The normalized spacial score (nSPS) is 12.0. The van der Waals surface area contributed by atoms with E-state index in [4.69, 9.17) is 0 Å². The first kappa shape index (κ1) is 19.6. The highest BCUT2D eigenvalue weighted by molar-refractivity contribution is 8.00. The number of anilines is 1. The second-order valence-electron chi connectivity index (χ2n) is 5.55. The van der Waals surface area contributed by atoms with E-state index >= 15 is 0 Å². The predicted molar refractivity (Wildman–Crippen MR) is 106 cm³/mol. The smallest absolute Gasteiger partial charge is 0.251 e. The monoisotopic (exact) mass is 377 g/mol. The maximum atomic E-state index is 12.5. The molecule has 0 spiro atoms. The number of nitrogens with one attached hydrogen (secondary N) is 2. The van der Waals surface area contributed by atoms with Gasteiger partial charge >= 0.3 is 0 Å². The van der Waals surface area contributed by atoms with E-state index in [1.807, 2.05) is 38.1 Å². The van der Waals surface area contributed by atoms with Gasteiger partial charge in [0.15, 0.2) is 5.16 Å². The standard InChI is InChI=1S/C18H23N3O2S2/c1-4-15(17(23)19-13-8-6-12(3)7-9-13)25-18-20-14(11-24-5-2)10-16(22)21-18/h6-10,15H,4-5,11H2,1-3H3,(H,19,23)(H,20,21,22). The largest absolute Gasteiger partial charge is 0.325 e. The number of aromatic nitrogens is 2. The Balaban J connectivity index is 2.07. The van der Waals surface area contributed by atoms with Crippen LogP contribution in [0.2, 0.25) is 0 Å². The summed E-state index contributed by atoms with van der Waals surface area (Å²) in [4.78, 5) is 31.5. The van der Waals surface area contributed by atoms with Crippen molar-refractivity contribution in [3.8, 4) is 0 Å². The van der Waals surface area contributed by atoms with Gasteiger partial charge in [0.2, 0.25) is 5.91 Å². The molecule has 5 nitrogen and oxygen atoms in total. The maximum absolute atomic E-state index is 12.5. The summed E-state index contributed by atoms with van der Waals surface area (Å²) in [5.41, 5.74) is 2.47. The fourth-order valence-electron chi connectivity index (χ4n) is 2.14. The van der Waals surface area contributed by atoms with Gasteiger partial charge in [0, 0.05) is 17.5 Å². The highest BCUT2D eigenvalue weighted by Crippen LogP contribution is 2.23. The summed E-state index contributed by atoms with van der Waals surface area (Å²) >= 11 is 3.00. The van der Waals surface area contributed by atoms with Crippen LogP contribution in [0.5, 0.6) is 0 Å². The number of rotatable bonds is 8. The zero-order chi connectivity index (χ0) is 18.2. The molecule has 0 saturated carbocycles. The number of hydrogen-bond acceptors (Lipinski definition) is 5. The lowest BCUT2D eigenvalue weighted by atomic mass is 10.2. The Morgan fingerprint density at radius 3 is 2.64 bits per heavy atom. The van der Waals surface area contributed by atoms with Crippen molar-refractivity contribution < 1.29 is 4.79 Å². The highest BCUT2D eigenvalue weighted by Gasteiger charge is 2.19. The fourth-order valence-corrected chi connectivity index (χ4v) is 3.63. The number of aryl methyl sites for hydroxylation is 1. The van der Waals surface area contributed by atoms with Crippen LogP contribution in [0, 0.1) is 6.92 Å². The van der Waals surface area contributed by atoms with E-state index in [1.165, 1.54) is 17.8 Å². The van der Waals surface area contributed by atoms with Crippen LogP contribution in [0.15, 0.2) is 40.3 Å². The van der Waals surface area contributed by atoms with Crippen molar-refractivity contribution in [2.45, 2.75) is 43.4 Å². The van der Waals surface area contributed by atoms with Gasteiger partial charge in [-0.05, 0) is 31.2 Å².